The van der Waals surface area contributed by atoms with Crippen LogP contribution in [0.5, 0.6) is 11.5 Å². The third-order valence-corrected chi connectivity index (χ3v) is 6.27. The number of ether oxygens (including phenoxy) is 1. The third kappa shape index (κ3) is 4.52. The van der Waals surface area contributed by atoms with Crippen molar-refractivity contribution in [3.8, 4) is 17.6 Å². The zero-order chi connectivity index (χ0) is 22.6. The second-order valence-electron chi connectivity index (χ2n) is 8.28. The van der Waals surface area contributed by atoms with Crippen molar-refractivity contribution in [3.63, 3.8) is 0 Å². The third-order valence-electron chi connectivity index (χ3n) is 6.27. The van der Waals surface area contributed by atoms with Crippen LogP contribution in [0.25, 0.3) is 0 Å². The summed E-state index contributed by atoms with van der Waals surface area (Å²) in [5, 5.41) is 9.35. The molecule has 0 saturated carbocycles. The minimum Gasteiger partial charge on any atom is -0.457 e. The summed E-state index contributed by atoms with van der Waals surface area (Å²) < 4.78 is 5.86. The lowest BCUT2D eigenvalue weighted by Crippen LogP contribution is -2.51. The molecule has 5 rings (SSSR count). The van der Waals surface area contributed by atoms with Crippen molar-refractivity contribution in [1.29, 1.82) is 5.26 Å². The first kappa shape index (κ1) is 21.0. The van der Waals surface area contributed by atoms with Crippen molar-refractivity contribution in [2.45, 2.75) is 12.5 Å². The Hall–Kier alpha value is -3.89. The molecule has 2 saturated heterocycles. The summed E-state index contributed by atoms with van der Waals surface area (Å²) in [4.78, 5) is 23.6. The van der Waals surface area contributed by atoms with Gasteiger partial charge in [-0.2, -0.15) is 5.26 Å². The van der Waals surface area contributed by atoms with Gasteiger partial charge in [0, 0.05) is 57.1 Å². The summed E-state index contributed by atoms with van der Waals surface area (Å²) >= 11 is 0. The van der Waals surface area contributed by atoms with Crippen LogP contribution in [0.4, 0.5) is 11.5 Å². The number of carbonyl (C=O) groups is 1. The molecule has 2 aliphatic heterocycles. The van der Waals surface area contributed by atoms with Gasteiger partial charge in [0.05, 0.1) is 5.56 Å². The molecule has 7 nitrogen and oxygen atoms in total. The smallest absolute Gasteiger partial charge is 0.228 e. The Morgan fingerprint density at radius 2 is 1.64 bits per heavy atom. The number of piperazine rings is 1. The zero-order valence-corrected chi connectivity index (χ0v) is 18.3. The van der Waals surface area contributed by atoms with Crippen LogP contribution in [0.3, 0.4) is 0 Å². The van der Waals surface area contributed by atoms with E-state index in [1.54, 1.807) is 18.3 Å². The Morgan fingerprint density at radius 3 is 2.36 bits per heavy atom. The van der Waals surface area contributed by atoms with E-state index >= 15 is 0 Å². The maximum atomic E-state index is 12.8. The number of hydrogen-bond acceptors (Lipinski definition) is 6. The summed E-state index contributed by atoms with van der Waals surface area (Å²) in [5.41, 5.74) is 1.50. The van der Waals surface area contributed by atoms with E-state index in [-0.39, 0.29) is 11.9 Å². The highest BCUT2D eigenvalue weighted by molar-refractivity contribution is 5.96. The van der Waals surface area contributed by atoms with Gasteiger partial charge in [-0.05, 0) is 48.5 Å². The highest BCUT2D eigenvalue weighted by Gasteiger charge is 2.35. The molecule has 0 aliphatic carbocycles. The molecule has 33 heavy (non-hydrogen) atoms. The lowest BCUT2D eigenvalue weighted by Gasteiger charge is -2.38. The van der Waals surface area contributed by atoms with E-state index in [2.05, 4.69) is 20.9 Å². The van der Waals surface area contributed by atoms with Gasteiger partial charge in [-0.25, -0.2) is 4.98 Å². The van der Waals surface area contributed by atoms with Crippen molar-refractivity contribution < 1.29 is 9.53 Å². The molecule has 0 bridgehead atoms. The summed E-state index contributed by atoms with van der Waals surface area (Å²) in [5.74, 6) is 2.43. The minimum atomic E-state index is 0.149. The summed E-state index contributed by atoms with van der Waals surface area (Å²) in [6, 6.07) is 23.4. The average molecular weight is 440 g/mol. The number of para-hydroxylation sites is 1. The molecule has 2 aliphatic rings. The normalized spacial score (nSPS) is 18.9. The molecule has 3 heterocycles. The summed E-state index contributed by atoms with van der Waals surface area (Å²) in [6.07, 6.45) is 2.25. The van der Waals surface area contributed by atoms with Crippen LogP contribution < -0.4 is 14.5 Å². The molecule has 2 fully saturated rings. The fraction of sp³-hybridized carbons (Fsp3) is 0.269. The molecule has 3 aromatic rings. The lowest BCUT2D eigenvalue weighted by molar-refractivity contribution is -0.117. The quantitative estimate of drug-likeness (QED) is 0.604. The van der Waals surface area contributed by atoms with Crippen LogP contribution in [-0.2, 0) is 4.79 Å². The van der Waals surface area contributed by atoms with E-state index in [1.807, 2.05) is 59.5 Å². The highest BCUT2D eigenvalue weighted by Crippen LogP contribution is 2.29. The fourth-order valence-electron chi connectivity index (χ4n) is 4.54. The molecule has 1 unspecified atom stereocenters. The van der Waals surface area contributed by atoms with Gasteiger partial charge in [0.2, 0.25) is 5.91 Å². The molecular weight excluding hydrogens is 414 g/mol. The first-order valence-corrected chi connectivity index (χ1v) is 11.2. The van der Waals surface area contributed by atoms with Crippen molar-refractivity contribution >= 4 is 17.4 Å². The maximum Gasteiger partial charge on any atom is 0.228 e. The number of nitriles is 1. The average Bonchev–Trinajstić information content (AvgIpc) is 3.27. The number of benzene rings is 2. The van der Waals surface area contributed by atoms with Crippen LogP contribution in [0.1, 0.15) is 12.0 Å². The molecule has 0 spiro atoms. The number of nitrogens with zero attached hydrogens (tertiary/aromatic N) is 5. The first-order valence-electron chi connectivity index (χ1n) is 11.2. The highest BCUT2D eigenvalue weighted by atomic mass is 16.5. The van der Waals surface area contributed by atoms with Gasteiger partial charge in [-0.1, -0.05) is 18.2 Å². The molecule has 1 amide bonds. The Bertz CT molecular complexity index is 1150. The van der Waals surface area contributed by atoms with E-state index < -0.39 is 0 Å². The van der Waals surface area contributed by atoms with Crippen LogP contribution in [0.2, 0.25) is 0 Å². The van der Waals surface area contributed by atoms with Gasteiger partial charge in [0.25, 0.3) is 0 Å². The van der Waals surface area contributed by atoms with E-state index in [0.29, 0.717) is 18.5 Å². The van der Waals surface area contributed by atoms with E-state index in [4.69, 9.17) is 4.74 Å². The van der Waals surface area contributed by atoms with Crippen LogP contribution in [0.15, 0.2) is 72.9 Å². The lowest BCUT2D eigenvalue weighted by atomic mass is 10.1. The number of carbonyl (C=O) groups excluding carboxylic acids is 1. The molecule has 166 valence electrons. The summed E-state index contributed by atoms with van der Waals surface area (Å²) in [6.45, 7) is 3.96. The zero-order valence-electron chi connectivity index (χ0n) is 18.3. The minimum absolute atomic E-state index is 0.149. The second kappa shape index (κ2) is 9.31. The monoisotopic (exact) mass is 439 g/mol. The first-order chi connectivity index (χ1) is 16.2. The van der Waals surface area contributed by atoms with Crippen molar-refractivity contribution in [3.05, 3.63) is 78.5 Å². The Morgan fingerprint density at radius 1 is 0.909 bits per heavy atom. The van der Waals surface area contributed by atoms with Crippen LogP contribution in [-0.4, -0.2) is 54.6 Å². The van der Waals surface area contributed by atoms with Gasteiger partial charge < -0.3 is 14.5 Å². The second-order valence-corrected chi connectivity index (χ2v) is 8.28. The predicted octanol–water partition coefficient (Wildman–Crippen LogP) is 3.67. The maximum absolute atomic E-state index is 12.8. The number of hydrogen-bond donors (Lipinski definition) is 0. The predicted molar refractivity (Wildman–Crippen MR) is 126 cm³/mol. The van der Waals surface area contributed by atoms with Gasteiger partial charge in [-0.3, -0.25) is 9.69 Å². The Balaban J connectivity index is 1.19. The molecule has 7 heteroatoms. The summed E-state index contributed by atoms with van der Waals surface area (Å²) in [7, 11) is 0. The standard InChI is InChI=1S/C26H25N5O2/c27-18-20-5-4-12-28-26(20)30-15-13-29(14-16-30)22-17-25(32)31(19-22)21-8-10-24(11-9-21)33-23-6-2-1-3-7-23/h1-12,22H,13-17,19H2. The number of rotatable bonds is 5. The molecule has 2 aromatic carbocycles. The van der Waals surface area contributed by atoms with Crippen molar-refractivity contribution in [2.75, 3.05) is 42.5 Å². The van der Waals surface area contributed by atoms with E-state index in [1.165, 1.54) is 0 Å². The van der Waals surface area contributed by atoms with Gasteiger partial charge >= 0.3 is 0 Å². The van der Waals surface area contributed by atoms with Gasteiger partial charge in [0.1, 0.15) is 23.4 Å². The molecule has 1 aromatic heterocycles. The Kier molecular flexibility index (Phi) is 5.92. The van der Waals surface area contributed by atoms with Crippen molar-refractivity contribution in [1.82, 2.24) is 9.88 Å². The van der Waals surface area contributed by atoms with E-state index in [9.17, 15) is 10.1 Å². The number of pyridine rings is 1. The Labute approximate surface area is 193 Å². The van der Waals surface area contributed by atoms with Crippen LogP contribution in [0, 0.1) is 11.3 Å². The fourth-order valence-corrected chi connectivity index (χ4v) is 4.54. The van der Waals surface area contributed by atoms with Crippen molar-refractivity contribution in [2.24, 2.45) is 0 Å². The number of amides is 1. The molecule has 0 N–H and O–H groups in total. The largest absolute Gasteiger partial charge is 0.457 e. The number of anilines is 2. The number of aromatic nitrogens is 1. The van der Waals surface area contributed by atoms with E-state index in [0.717, 1.165) is 49.2 Å². The molecular formula is C26H25N5O2. The topological polar surface area (TPSA) is 72.7 Å². The van der Waals surface area contributed by atoms with Gasteiger partial charge in [-0.15, -0.1) is 0 Å². The van der Waals surface area contributed by atoms with Gasteiger partial charge in [0.15, 0.2) is 0 Å². The van der Waals surface area contributed by atoms with Crippen LogP contribution >= 0.6 is 0 Å². The SMILES string of the molecule is N#Cc1cccnc1N1CCN(C2CC(=O)N(c3ccc(Oc4ccccc4)cc3)C2)CC1. The molecule has 0 radical (unpaired) electrons. The molecule has 1 atom stereocenters.